The van der Waals surface area contributed by atoms with Crippen LogP contribution in [0.15, 0.2) is 35.3 Å². The summed E-state index contributed by atoms with van der Waals surface area (Å²) in [6.45, 7) is 2.92. The number of hydrogen-bond acceptors (Lipinski definition) is 2. The molecule has 1 amide bonds. The molecule has 4 heteroatoms. The fourth-order valence-electron chi connectivity index (χ4n) is 2.24. The average molecular weight is 258 g/mol. The number of carbonyl (C=O) groups excluding carboxylic acids is 1. The highest BCUT2D eigenvalue weighted by atomic mass is 16.2. The zero-order valence-corrected chi connectivity index (χ0v) is 11.1. The smallest absolute Gasteiger partial charge is 0.254 e. The van der Waals surface area contributed by atoms with Crippen LogP contribution in [0.25, 0.3) is 10.9 Å². The van der Waals surface area contributed by atoms with Crippen LogP contribution >= 0.6 is 0 Å². The molecule has 0 bridgehead atoms. The Bertz CT molecular complexity index is 659. The molecule has 100 valence electrons. The second kappa shape index (κ2) is 5.69. The number of rotatable bonds is 5. The first-order valence-electron chi connectivity index (χ1n) is 6.57. The van der Waals surface area contributed by atoms with Crippen molar-refractivity contribution < 1.29 is 4.79 Å². The summed E-state index contributed by atoms with van der Waals surface area (Å²) >= 11 is 0. The van der Waals surface area contributed by atoms with E-state index in [1.807, 2.05) is 16.7 Å². The lowest BCUT2D eigenvalue weighted by Gasteiger charge is -2.12. The SMILES string of the molecule is CCCCCn1cc(C(N)=O)c(=O)c2ccccc21. The van der Waals surface area contributed by atoms with Crippen molar-refractivity contribution in [2.24, 2.45) is 5.73 Å². The van der Waals surface area contributed by atoms with Crippen molar-refractivity contribution in [3.05, 3.63) is 46.2 Å². The minimum atomic E-state index is -0.667. The molecule has 0 saturated carbocycles. The van der Waals surface area contributed by atoms with E-state index >= 15 is 0 Å². The highest BCUT2D eigenvalue weighted by Crippen LogP contribution is 2.13. The van der Waals surface area contributed by atoms with Gasteiger partial charge in [0.25, 0.3) is 5.91 Å². The van der Waals surface area contributed by atoms with Gasteiger partial charge in [0.05, 0.1) is 5.52 Å². The number of primary amides is 1. The summed E-state index contributed by atoms with van der Waals surface area (Å²) in [7, 11) is 0. The first kappa shape index (κ1) is 13.3. The van der Waals surface area contributed by atoms with Crippen LogP contribution in [-0.2, 0) is 6.54 Å². The molecule has 0 aliphatic carbocycles. The Labute approximate surface area is 111 Å². The number of carbonyl (C=O) groups is 1. The van der Waals surface area contributed by atoms with Crippen molar-refractivity contribution in [3.63, 3.8) is 0 Å². The fourth-order valence-corrected chi connectivity index (χ4v) is 2.24. The van der Waals surface area contributed by atoms with Crippen LogP contribution in [0.2, 0.25) is 0 Å². The highest BCUT2D eigenvalue weighted by Gasteiger charge is 2.12. The van der Waals surface area contributed by atoms with Gasteiger partial charge in [-0.15, -0.1) is 0 Å². The van der Waals surface area contributed by atoms with Gasteiger partial charge in [0, 0.05) is 18.1 Å². The van der Waals surface area contributed by atoms with Gasteiger partial charge in [-0.1, -0.05) is 31.9 Å². The van der Waals surface area contributed by atoms with E-state index in [-0.39, 0.29) is 11.0 Å². The molecule has 0 fully saturated rings. The molecule has 1 heterocycles. The first-order valence-corrected chi connectivity index (χ1v) is 6.57. The molecule has 4 nitrogen and oxygen atoms in total. The number of aromatic nitrogens is 1. The third-order valence-electron chi connectivity index (χ3n) is 3.26. The van der Waals surface area contributed by atoms with Crippen LogP contribution in [0, 0.1) is 0 Å². The maximum Gasteiger partial charge on any atom is 0.254 e. The molecule has 0 radical (unpaired) electrons. The van der Waals surface area contributed by atoms with Gasteiger partial charge in [0.15, 0.2) is 0 Å². The average Bonchev–Trinajstić information content (AvgIpc) is 2.41. The predicted octanol–water partition coefficient (Wildman–Crippen LogP) is 2.29. The van der Waals surface area contributed by atoms with E-state index in [4.69, 9.17) is 5.73 Å². The van der Waals surface area contributed by atoms with E-state index in [1.54, 1.807) is 18.3 Å². The lowest BCUT2D eigenvalue weighted by molar-refractivity contribution is 0.0998. The van der Waals surface area contributed by atoms with Crippen molar-refractivity contribution in [3.8, 4) is 0 Å². The Kier molecular flexibility index (Phi) is 4.00. The summed E-state index contributed by atoms with van der Waals surface area (Å²) in [6.07, 6.45) is 4.84. The van der Waals surface area contributed by atoms with E-state index < -0.39 is 5.91 Å². The lowest BCUT2D eigenvalue weighted by Crippen LogP contribution is -2.24. The molecule has 2 aromatic rings. The predicted molar refractivity (Wildman–Crippen MR) is 76.3 cm³/mol. The second-order valence-corrected chi connectivity index (χ2v) is 4.65. The third-order valence-corrected chi connectivity index (χ3v) is 3.26. The standard InChI is InChI=1S/C15H18N2O2/c1-2-3-6-9-17-10-12(15(16)19)14(18)11-7-4-5-8-13(11)17/h4-5,7-8,10H,2-3,6,9H2,1H3,(H2,16,19). The minimum Gasteiger partial charge on any atom is -0.365 e. The van der Waals surface area contributed by atoms with Crippen molar-refractivity contribution in [2.75, 3.05) is 0 Å². The van der Waals surface area contributed by atoms with Crippen molar-refractivity contribution in [1.29, 1.82) is 0 Å². The number of para-hydroxylation sites is 1. The van der Waals surface area contributed by atoms with Crippen LogP contribution in [0.5, 0.6) is 0 Å². The zero-order chi connectivity index (χ0) is 13.8. The quantitative estimate of drug-likeness (QED) is 0.836. The van der Waals surface area contributed by atoms with Crippen molar-refractivity contribution >= 4 is 16.8 Å². The number of aryl methyl sites for hydroxylation is 1. The van der Waals surface area contributed by atoms with Gasteiger partial charge < -0.3 is 10.3 Å². The van der Waals surface area contributed by atoms with Gasteiger partial charge in [-0.2, -0.15) is 0 Å². The Balaban J connectivity index is 2.58. The molecule has 2 rings (SSSR count). The highest BCUT2D eigenvalue weighted by molar-refractivity contribution is 5.96. The third kappa shape index (κ3) is 2.67. The molecule has 0 atom stereocenters. The van der Waals surface area contributed by atoms with Crippen LogP contribution < -0.4 is 11.2 Å². The maximum atomic E-state index is 12.1. The zero-order valence-electron chi connectivity index (χ0n) is 11.1. The minimum absolute atomic E-state index is 0.0650. The van der Waals surface area contributed by atoms with E-state index in [1.165, 1.54) is 0 Å². The topological polar surface area (TPSA) is 65.1 Å². The number of hydrogen-bond donors (Lipinski definition) is 1. The number of benzene rings is 1. The molecule has 0 aliphatic rings. The Morgan fingerprint density at radius 2 is 2.00 bits per heavy atom. The van der Waals surface area contributed by atoms with E-state index in [2.05, 4.69) is 6.92 Å². The largest absolute Gasteiger partial charge is 0.365 e. The number of amides is 1. The molecular weight excluding hydrogens is 240 g/mol. The monoisotopic (exact) mass is 258 g/mol. The van der Waals surface area contributed by atoms with Gasteiger partial charge >= 0.3 is 0 Å². The molecule has 0 aliphatic heterocycles. The summed E-state index contributed by atoms with van der Waals surface area (Å²) in [5, 5.41) is 0.551. The van der Waals surface area contributed by atoms with Crippen molar-refractivity contribution in [1.82, 2.24) is 4.57 Å². The number of nitrogens with zero attached hydrogens (tertiary/aromatic N) is 1. The second-order valence-electron chi connectivity index (χ2n) is 4.65. The molecular formula is C15H18N2O2. The van der Waals surface area contributed by atoms with E-state index in [9.17, 15) is 9.59 Å². The van der Waals surface area contributed by atoms with Gasteiger partial charge in [-0.25, -0.2) is 0 Å². The Morgan fingerprint density at radius 3 is 2.68 bits per heavy atom. The van der Waals surface area contributed by atoms with Gasteiger partial charge in [-0.05, 0) is 18.6 Å². The number of fused-ring (bicyclic) bond motifs is 1. The van der Waals surface area contributed by atoms with Crippen molar-refractivity contribution in [2.45, 2.75) is 32.7 Å². The van der Waals surface area contributed by atoms with Crippen LogP contribution in [0.3, 0.4) is 0 Å². The van der Waals surface area contributed by atoms with E-state index in [0.717, 1.165) is 31.3 Å². The first-order chi connectivity index (χ1) is 9.15. The summed E-state index contributed by atoms with van der Waals surface area (Å²) in [6, 6.07) is 7.32. The molecule has 19 heavy (non-hydrogen) atoms. The maximum absolute atomic E-state index is 12.1. The summed E-state index contributed by atoms with van der Waals surface area (Å²) in [4.78, 5) is 23.5. The van der Waals surface area contributed by atoms with Gasteiger partial charge in [0.1, 0.15) is 5.56 Å². The molecule has 0 saturated heterocycles. The normalized spacial score (nSPS) is 10.8. The molecule has 0 spiro atoms. The summed E-state index contributed by atoms with van der Waals surface area (Å²) < 4.78 is 1.95. The molecule has 1 aromatic carbocycles. The van der Waals surface area contributed by atoms with Crippen LogP contribution in [-0.4, -0.2) is 10.5 Å². The Morgan fingerprint density at radius 1 is 1.26 bits per heavy atom. The molecule has 2 N–H and O–H groups in total. The van der Waals surface area contributed by atoms with Crippen LogP contribution in [0.4, 0.5) is 0 Å². The van der Waals surface area contributed by atoms with Gasteiger partial charge in [0.2, 0.25) is 5.43 Å². The number of nitrogens with two attached hydrogens (primary N) is 1. The van der Waals surface area contributed by atoms with Crippen LogP contribution in [0.1, 0.15) is 36.5 Å². The van der Waals surface area contributed by atoms with Gasteiger partial charge in [-0.3, -0.25) is 9.59 Å². The summed E-state index contributed by atoms with van der Waals surface area (Å²) in [5.74, 6) is -0.667. The Hall–Kier alpha value is -2.10. The fraction of sp³-hybridized carbons (Fsp3) is 0.333. The summed E-state index contributed by atoms with van der Waals surface area (Å²) in [5.41, 5.74) is 5.91. The number of pyridine rings is 1. The molecule has 0 unspecified atom stereocenters. The lowest BCUT2D eigenvalue weighted by atomic mass is 10.1. The van der Waals surface area contributed by atoms with E-state index in [0.29, 0.717) is 5.39 Å². The molecule has 1 aromatic heterocycles. The number of unbranched alkanes of at least 4 members (excludes halogenated alkanes) is 2.